The molecule has 0 radical (unpaired) electrons. The predicted octanol–water partition coefficient (Wildman–Crippen LogP) is 2.86. The van der Waals surface area contributed by atoms with Crippen LogP contribution >= 0.6 is 0 Å². The minimum Gasteiger partial charge on any atom is -0.460 e. The summed E-state index contributed by atoms with van der Waals surface area (Å²) in [5, 5.41) is 4.62. The zero-order valence-electron chi connectivity index (χ0n) is 11.6. The molecule has 0 amide bonds. The summed E-state index contributed by atoms with van der Waals surface area (Å²) in [6, 6.07) is 10.4. The molecule has 0 spiro atoms. The number of furan rings is 1. The van der Waals surface area contributed by atoms with Crippen molar-refractivity contribution in [2.45, 2.75) is 19.4 Å². The summed E-state index contributed by atoms with van der Waals surface area (Å²) in [6.07, 6.45) is 2.59. The van der Waals surface area contributed by atoms with Crippen LogP contribution in [0.4, 0.5) is 0 Å². The van der Waals surface area contributed by atoms with Crippen molar-refractivity contribution in [1.82, 2.24) is 10.2 Å². The number of benzene rings is 1. The Hall–Kier alpha value is -1.32. The fourth-order valence-electron chi connectivity index (χ4n) is 2.95. The van der Waals surface area contributed by atoms with Gasteiger partial charge in [-0.15, -0.1) is 0 Å². The van der Waals surface area contributed by atoms with Gasteiger partial charge < -0.3 is 9.73 Å². The Labute approximate surface area is 114 Å². The molecule has 3 heteroatoms. The van der Waals surface area contributed by atoms with Crippen LogP contribution < -0.4 is 5.32 Å². The lowest BCUT2D eigenvalue weighted by atomic mass is 9.98. The third kappa shape index (κ3) is 3.17. The number of nitrogens with zero attached hydrogens (tertiary/aromatic N) is 1. The molecule has 0 bridgehead atoms. The quantitative estimate of drug-likeness (QED) is 0.914. The maximum Gasteiger partial charge on any atom is 0.134 e. The highest BCUT2D eigenvalue weighted by Crippen LogP contribution is 2.20. The highest BCUT2D eigenvalue weighted by Gasteiger charge is 2.15. The van der Waals surface area contributed by atoms with Crippen LogP contribution in [-0.2, 0) is 6.54 Å². The molecule has 2 heterocycles. The van der Waals surface area contributed by atoms with Crippen molar-refractivity contribution < 1.29 is 4.42 Å². The van der Waals surface area contributed by atoms with Crippen LogP contribution in [0.15, 0.2) is 34.7 Å². The monoisotopic (exact) mass is 258 g/mol. The summed E-state index contributed by atoms with van der Waals surface area (Å²) >= 11 is 0. The van der Waals surface area contributed by atoms with Crippen molar-refractivity contribution in [2.75, 3.05) is 26.7 Å². The summed E-state index contributed by atoms with van der Waals surface area (Å²) in [7, 11) is 2.19. The number of piperidine rings is 1. The van der Waals surface area contributed by atoms with Gasteiger partial charge in [0.15, 0.2) is 0 Å². The third-order valence-electron chi connectivity index (χ3n) is 3.93. The normalized spacial score (nSPS) is 17.4. The van der Waals surface area contributed by atoms with Gasteiger partial charge in [-0.05, 0) is 51.0 Å². The Balaban J connectivity index is 1.60. The van der Waals surface area contributed by atoms with Gasteiger partial charge in [-0.25, -0.2) is 0 Å². The van der Waals surface area contributed by atoms with Crippen LogP contribution in [0.3, 0.4) is 0 Å². The van der Waals surface area contributed by atoms with Crippen molar-refractivity contribution in [2.24, 2.45) is 5.92 Å². The maximum atomic E-state index is 5.87. The molecule has 1 aromatic carbocycles. The van der Waals surface area contributed by atoms with Crippen molar-refractivity contribution in [1.29, 1.82) is 0 Å². The van der Waals surface area contributed by atoms with Gasteiger partial charge in [0.2, 0.25) is 0 Å². The van der Waals surface area contributed by atoms with E-state index in [1.807, 2.05) is 12.1 Å². The number of fused-ring (bicyclic) bond motifs is 1. The van der Waals surface area contributed by atoms with E-state index < -0.39 is 0 Å². The van der Waals surface area contributed by atoms with E-state index in [0.29, 0.717) is 0 Å². The lowest BCUT2D eigenvalue weighted by Gasteiger charge is -2.26. The molecule has 0 aliphatic carbocycles. The molecular formula is C16H22N2O. The van der Waals surface area contributed by atoms with E-state index in [9.17, 15) is 0 Å². The second-order valence-corrected chi connectivity index (χ2v) is 5.64. The van der Waals surface area contributed by atoms with Crippen LogP contribution in [0, 0.1) is 5.92 Å². The summed E-state index contributed by atoms with van der Waals surface area (Å²) in [5.74, 6) is 1.90. The maximum absolute atomic E-state index is 5.87. The van der Waals surface area contributed by atoms with Crippen LogP contribution in [-0.4, -0.2) is 31.6 Å². The largest absolute Gasteiger partial charge is 0.460 e. The van der Waals surface area contributed by atoms with E-state index >= 15 is 0 Å². The van der Waals surface area contributed by atoms with E-state index in [1.165, 1.54) is 37.9 Å². The van der Waals surface area contributed by atoms with Crippen molar-refractivity contribution >= 4 is 11.0 Å². The molecule has 2 aromatic rings. The lowest BCUT2D eigenvalue weighted by molar-refractivity contribution is 0.223. The average molecular weight is 258 g/mol. The first-order chi connectivity index (χ1) is 9.31. The Morgan fingerprint density at radius 1 is 1.26 bits per heavy atom. The van der Waals surface area contributed by atoms with Crippen LogP contribution in [0.25, 0.3) is 11.0 Å². The van der Waals surface area contributed by atoms with Crippen LogP contribution in [0.2, 0.25) is 0 Å². The molecule has 1 aliphatic rings. The topological polar surface area (TPSA) is 28.4 Å². The summed E-state index contributed by atoms with van der Waals surface area (Å²) in [6.45, 7) is 4.41. The Morgan fingerprint density at radius 2 is 2.05 bits per heavy atom. The van der Waals surface area contributed by atoms with Crippen molar-refractivity contribution in [3.8, 4) is 0 Å². The molecule has 1 saturated heterocycles. The number of rotatable bonds is 4. The molecule has 0 atom stereocenters. The Kier molecular flexibility index (Phi) is 3.85. The standard InChI is InChI=1S/C16H22N2O/c1-18(11-13-6-8-17-9-7-13)12-15-10-14-4-2-3-5-16(14)19-15/h2-5,10,13,17H,6-9,11-12H2,1H3. The highest BCUT2D eigenvalue weighted by molar-refractivity contribution is 5.77. The molecule has 1 aliphatic heterocycles. The van der Waals surface area contributed by atoms with Gasteiger partial charge in [0.1, 0.15) is 11.3 Å². The number of hydrogen-bond acceptors (Lipinski definition) is 3. The van der Waals surface area contributed by atoms with E-state index in [-0.39, 0.29) is 0 Å². The van der Waals surface area contributed by atoms with E-state index in [2.05, 4.69) is 35.5 Å². The number of hydrogen-bond donors (Lipinski definition) is 1. The van der Waals surface area contributed by atoms with Gasteiger partial charge in [-0.1, -0.05) is 18.2 Å². The van der Waals surface area contributed by atoms with E-state index in [0.717, 1.165) is 23.8 Å². The second kappa shape index (κ2) is 5.76. The second-order valence-electron chi connectivity index (χ2n) is 5.64. The molecule has 1 aromatic heterocycles. The van der Waals surface area contributed by atoms with Gasteiger partial charge in [0, 0.05) is 11.9 Å². The predicted molar refractivity (Wildman–Crippen MR) is 78.1 cm³/mol. The summed E-state index contributed by atoms with van der Waals surface area (Å²) in [5.41, 5.74) is 0.993. The molecule has 3 rings (SSSR count). The molecule has 1 fully saturated rings. The third-order valence-corrected chi connectivity index (χ3v) is 3.93. The zero-order valence-corrected chi connectivity index (χ0v) is 11.6. The van der Waals surface area contributed by atoms with Crippen LogP contribution in [0.1, 0.15) is 18.6 Å². The number of nitrogens with one attached hydrogen (secondary N) is 1. The number of para-hydroxylation sites is 1. The first kappa shape index (κ1) is 12.7. The first-order valence-corrected chi connectivity index (χ1v) is 7.18. The smallest absolute Gasteiger partial charge is 0.134 e. The molecule has 1 N–H and O–H groups in total. The van der Waals surface area contributed by atoms with Gasteiger partial charge in [-0.3, -0.25) is 4.90 Å². The fourth-order valence-corrected chi connectivity index (χ4v) is 2.95. The average Bonchev–Trinajstić information content (AvgIpc) is 2.81. The lowest BCUT2D eigenvalue weighted by Crippen LogP contribution is -2.34. The minimum absolute atomic E-state index is 0.829. The fraction of sp³-hybridized carbons (Fsp3) is 0.500. The SMILES string of the molecule is CN(Cc1cc2ccccc2o1)CC1CCNCC1. The Bertz CT molecular complexity index is 495. The Morgan fingerprint density at radius 3 is 2.84 bits per heavy atom. The first-order valence-electron chi connectivity index (χ1n) is 7.18. The molecular weight excluding hydrogens is 236 g/mol. The van der Waals surface area contributed by atoms with E-state index in [4.69, 9.17) is 4.42 Å². The van der Waals surface area contributed by atoms with Gasteiger partial charge in [-0.2, -0.15) is 0 Å². The van der Waals surface area contributed by atoms with Gasteiger partial charge in [0.25, 0.3) is 0 Å². The molecule has 102 valence electrons. The van der Waals surface area contributed by atoms with E-state index in [1.54, 1.807) is 0 Å². The van der Waals surface area contributed by atoms with Crippen molar-refractivity contribution in [3.05, 3.63) is 36.1 Å². The highest BCUT2D eigenvalue weighted by atomic mass is 16.3. The van der Waals surface area contributed by atoms with Crippen LogP contribution in [0.5, 0.6) is 0 Å². The summed E-state index contributed by atoms with van der Waals surface area (Å²) in [4.78, 5) is 2.38. The van der Waals surface area contributed by atoms with Gasteiger partial charge >= 0.3 is 0 Å². The zero-order chi connectivity index (χ0) is 13.1. The molecule has 19 heavy (non-hydrogen) atoms. The van der Waals surface area contributed by atoms with Gasteiger partial charge in [0.05, 0.1) is 6.54 Å². The molecule has 3 nitrogen and oxygen atoms in total. The summed E-state index contributed by atoms with van der Waals surface area (Å²) < 4.78 is 5.87. The van der Waals surface area contributed by atoms with Crippen molar-refractivity contribution in [3.63, 3.8) is 0 Å². The minimum atomic E-state index is 0.829. The molecule has 0 saturated carbocycles. The molecule has 0 unspecified atom stereocenters.